The number of carbonyl (C=O) groups is 1. The third-order valence-corrected chi connectivity index (χ3v) is 4.67. The fourth-order valence-electron chi connectivity index (χ4n) is 2.87. The van der Waals surface area contributed by atoms with Gasteiger partial charge in [0.1, 0.15) is 0 Å². The summed E-state index contributed by atoms with van der Waals surface area (Å²) in [7, 11) is 3.60. The number of hydrogen-bond acceptors (Lipinski definition) is 7. The second kappa shape index (κ2) is 6.84. The van der Waals surface area contributed by atoms with Crippen molar-refractivity contribution < 1.29 is 9.53 Å². The molecule has 1 saturated carbocycles. The van der Waals surface area contributed by atoms with E-state index < -0.39 is 5.41 Å². The number of nitrogens with zero attached hydrogens (tertiary/aromatic N) is 4. The van der Waals surface area contributed by atoms with Crippen LogP contribution in [-0.4, -0.2) is 35.0 Å². The highest BCUT2D eigenvalue weighted by Gasteiger charge is 2.47. The number of esters is 1. The summed E-state index contributed by atoms with van der Waals surface area (Å²) in [5.74, 6) is 0.581. The van der Waals surface area contributed by atoms with Gasteiger partial charge < -0.3 is 15.4 Å². The first-order valence-corrected chi connectivity index (χ1v) is 8.39. The van der Waals surface area contributed by atoms with Crippen LogP contribution >= 0.6 is 11.6 Å². The van der Waals surface area contributed by atoms with Crippen LogP contribution in [0.25, 0.3) is 0 Å². The number of halogens is 1. The topological polar surface area (TPSA) is 94.2 Å². The molecule has 2 aromatic rings. The predicted octanol–water partition coefficient (Wildman–Crippen LogP) is 2.34. The van der Waals surface area contributed by atoms with Crippen molar-refractivity contribution in [1.29, 1.82) is 0 Å². The zero-order valence-corrected chi connectivity index (χ0v) is 15.0. The number of carbonyl (C=O) groups excluding carboxylic acids is 1. The number of anilines is 2. The van der Waals surface area contributed by atoms with Crippen LogP contribution in [0.4, 0.5) is 11.9 Å². The zero-order chi connectivity index (χ0) is 18.0. The maximum Gasteiger partial charge on any atom is 0.317 e. The molecule has 8 heteroatoms. The van der Waals surface area contributed by atoms with Crippen molar-refractivity contribution in [3.05, 3.63) is 40.7 Å². The zero-order valence-electron chi connectivity index (χ0n) is 14.2. The van der Waals surface area contributed by atoms with E-state index >= 15 is 0 Å². The number of ether oxygens (including phenoxy) is 1. The molecular weight excluding hydrogens is 342 g/mol. The number of hydrogen-bond donors (Lipinski definition) is 1. The van der Waals surface area contributed by atoms with Crippen LogP contribution in [0.3, 0.4) is 0 Å². The molecule has 0 saturated heterocycles. The summed E-state index contributed by atoms with van der Waals surface area (Å²) in [6.45, 7) is -0.0399. The molecule has 1 fully saturated rings. The lowest BCUT2D eigenvalue weighted by molar-refractivity contribution is -0.156. The van der Waals surface area contributed by atoms with Gasteiger partial charge in [-0.2, -0.15) is 15.0 Å². The van der Waals surface area contributed by atoms with E-state index in [2.05, 4.69) is 15.0 Å². The van der Waals surface area contributed by atoms with E-state index in [4.69, 9.17) is 22.1 Å². The largest absolute Gasteiger partial charge is 0.457 e. The number of nitrogens with two attached hydrogens (primary N) is 1. The Labute approximate surface area is 151 Å². The van der Waals surface area contributed by atoms with Crippen molar-refractivity contribution in [2.75, 3.05) is 24.7 Å². The SMILES string of the molecule is CN(C)c1nc(N)nc(COC(=O)C2(c3ccc(Cl)cc3)CCC2)n1. The van der Waals surface area contributed by atoms with E-state index in [9.17, 15) is 4.79 Å². The molecule has 3 rings (SSSR count). The van der Waals surface area contributed by atoms with Gasteiger partial charge in [-0.3, -0.25) is 4.79 Å². The summed E-state index contributed by atoms with van der Waals surface area (Å²) in [5, 5.41) is 0.642. The first kappa shape index (κ1) is 17.4. The minimum atomic E-state index is -0.604. The summed E-state index contributed by atoms with van der Waals surface area (Å²) in [6, 6.07) is 7.35. The summed E-state index contributed by atoms with van der Waals surface area (Å²) in [5.41, 5.74) is 6.01. The lowest BCUT2D eigenvalue weighted by Crippen LogP contribution is -2.43. The molecule has 0 aliphatic heterocycles. The van der Waals surface area contributed by atoms with E-state index in [1.165, 1.54) is 0 Å². The fraction of sp³-hybridized carbons (Fsp3) is 0.412. The molecule has 132 valence electrons. The predicted molar refractivity (Wildman–Crippen MR) is 95.3 cm³/mol. The van der Waals surface area contributed by atoms with Crippen molar-refractivity contribution in [2.45, 2.75) is 31.3 Å². The van der Waals surface area contributed by atoms with Gasteiger partial charge in [0.05, 0.1) is 5.41 Å². The molecule has 1 aliphatic rings. The highest BCUT2D eigenvalue weighted by molar-refractivity contribution is 6.30. The van der Waals surface area contributed by atoms with Gasteiger partial charge in [0, 0.05) is 19.1 Å². The maximum absolute atomic E-state index is 12.7. The molecule has 0 bridgehead atoms. The van der Waals surface area contributed by atoms with Crippen LogP contribution in [0, 0.1) is 0 Å². The Hall–Kier alpha value is -2.41. The Morgan fingerprint density at radius 1 is 1.24 bits per heavy atom. The smallest absolute Gasteiger partial charge is 0.317 e. The van der Waals surface area contributed by atoms with Crippen molar-refractivity contribution in [3.63, 3.8) is 0 Å². The quantitative estimate of drug-likeness (QED) is 0.816. The minimum absolute atomic E-state index is 0.0399. The first-order chi connectivity index (χ1) is 11.9. The van der Waals surface area contributed by atoms with Crippen molar-refractivity contribution in [3.8, 4) is 0 Å². The lowest BCUT2D eigenvalue weighted by Gasteiger charge is -2.39. The molecule has 2 N–H and O–H groups in total. The van der Waals surface area contributed by atoms with Gasteiger partial charge in [-0.25, -0.2) is 0 Å². The van der Waals surface area contributed by atoms with Crippen LogP contribution in [0.2, 0.25) is 5.02 Å². The van der Waals surface area contributed by atoms with Gasteiger partial charge in [0.25, 0.3) is 0 Å². The van der Waals surface area contributed by atoms with E-state index in [1.54, 1.807) is 31.1 Å². The van der Waals surface area contributed by atoms with Crippen LogP contribution in [0.15, 0.2) is 24.3 Å². The van der Waals surface area contributed by atoms with Gasteiger partial charge >= 0.3 is 5.97 Å². The Bertz CT molecular complexity index is 775. The average Bonchev–Trinajstić information content (AvgIpc) is 2.53. The van der Waals surface area contributed by atoms with Gasteiger partial charge in [-0.1, -0.05) is 30.2 Å². The molecule has 1 heterocycles. The molecule has 0 amide bonds. The van der Waals surface area contributed by atoms with Crippen molar-refractivity contribution in [2.24, 2.45) is 0 Å². The second-order valence-corrected chi connectivity index (χ2v) is 6.76. The van der Waals surface area contributed by atoms with Gasteiger partial charge in [-0.15, -0.1) is 0 Å². The summed E-state index contributed by atoms with van der Waals surface area (Å²) in [6.07, 6.45) is 2.51. The van der Waals surface area contributed by atoms with Crippen molar-refractivity contribution in [1.82, 2.24) is 15.0 Å². The number of nitrogen functional groups attached to an aromatic ring is 1. The monoisotopic (exact) mass is 361 g/mol. The molecule has 0 unspecified atom stereocenters. The molecular formula is C17H20ClN5O2. The molecule has 1 aliphatic carbocycles. The number of rotatable bonds is 5. The lowest BCUT2D eigenvalue weighted by atomic mass is 9.64. The third kappa shape index (κ3) is 3.51. The molecule has 1 aromatic carbocycles. The van der Waals surface area contributed by atoms with Gasteiger partial charge in [0.15, 0.2) is 12.4 Å². The van der Waals surface area contributed by atoms with Crippen LogP contribution in [0.1, 0.15) is 30.7 Å². The Kier molecular flexibility index (Phi) is 4.76. The van der Waals surface area contributed by atoms with E-state index in [1.807, 2.05) is 12.1 Å². The van der Waals surface area contributed by atoms with Crippen LogP contribution in [-0.2, 0) is 21.6 Å². The van der Waals surface area contributed by atoms with E-state index in [-0.39, 0.29) is 18.5 Å². The molecule has 25 heavy (non-hydrogen) atoms. The Morgan fingerprint density at radius 3 is 2.48 bits per heavy atom. The molecule has 0 radical (unpaired) electrons. The highest BCUT2D eigenvalue weighted by Crippen LogP contribution is 2.45. The molecule has 0 spiro atoms. The summed E-state index contributed by atoms with van der Waals surface area (Å²) in [4.78, 5) is 26.8. The number of aromatic nitrogens is 3. The molecule has 0 atom stereocenters. The highest BCUT2D eigenvalue weighted by atomic mass is 35.5. The number of benzene rings is 1. The molecule has 1 aromatic heterocycles. The summed E-state index contributed by atoms with van der Waals surface area (Å²) < 4.78 is 5.51. The third-order valence-electron chi connectivity index (χ3n) is 4.41. The van der Waals surface area contributed by atoms with Crippen molar-refractivity contribution >= 4 is 29.5 Å². The normalized spacial score (nSPS) is 15.3. The van der Waals surface area contributed by atoms with Crippen LogP contribution in [0.5, 0.6) is 0 Å². The van der Waals surface area contributed by atoms with Crippen LogP contribution < -0.4 is 10.6 Å². The van der Waals surface area contributed by atoms with E-state index in [0.717, 1.165) is 24.8 Å². The Balaban J connectivity index is 1.74. The van der Waals surface area contributed by atoms with Gasteiger partial charge in [-0.05, 0) is 30.5 Å². The van der Waals surface area contributed by atoms with E-state index in [0.29, 0.717) is 16.8 Å². The Morgan fingerprint density at radius 2 is 1.92 bits per heavy atom. The average molecular weight is 362 g/mol. The van der Waals surface area contributed by atoms with Gasteiger partial charge in [0.2, 0.25) is 11.9 Å². The minimum Gasteiger partial charge on any atom is -0.457 e. The summed E-state index contributed by atoms with van der Waals surface area (Å²) >= 11 is 5.94. The fourth-order valence-corrected chi connectivity index (χ4v) is 2.99. The standard InChI is InChI=1S/C17H20ClN5O2/c1-23(2)16-21-13(20-15(19)22-16)10-25-14(24)17(8-3-9-17)11-4-6-12(18)7-5-11/h4-7H,3,8-10H2,1-2H3,(H2,19,20,21,22). The second-order valence-electron chi connectivity index (χ2n) is 6.32. The maximum atomic E-state index is 12.7. The first-order valence-electron chi connectivity index (χ1n) is 8.02. The molecule has 7 nitrogen and oxygen atoms in total.